The topological polar surface area (TPSA) is 9.23 Å². The zero-order valence-electron chi connectivity index (χ0n) is 11.4. The van der Waals surface area contributed by atoms with E-state index >= 15 is 0 Å². The van der Waals surface area contributed by atoms with Crippen LogP contribution in [0.3, 0.4) is 0 Å². The molecule has 0 aliphatic rings. The summed E-state index contributed by atoms with van der Waals surface area (Å²) in [6.45, 7) is 4.96. The Labute approximate surface area is 123 Å². The summed E-state index contributed by atoms with van der Waals surface area (Å²) in [5, 5.41) is 0.971. The van der Waals surface area contributed by atoms with Crippen molar-refractivity contribution in [3.8, 4) is 16.9 Å². The quantitative estimate of drug-likeness (QED) is 0.548. The van der Waals surface area contributed by atoms with Crippen LogP contribution in [0, 0.1) is 13.8 Å². The molecule has 1 nitrogen and oxygen atoms in total. The van der Waals surface area contributed by atoms with Gasteiger partial charge in [0.15, 0.2) is 0 Å². The Morgan fingerprint density at radius 1 is 1.05 bits per heavy atom. The molecule has 100 valence electrons. The van der Waals surface area contributed by atoms with Crippen LogP contribution in [0.2, 0.25) is 0 Å². The van der Waals surface area contributed by atoms with Crippen LogP contribution in [0.25, 0.3) is 11.1 Å². The highest BCUT2D eigenvalue weighted by molar-refractivity contribution is 9.09. The fourth-order valence-corrected chi connectivity index (χ4v) is 2.34. The third-order valence-corrected chi connectivity index (χ3v) is 3.63. The van der Waals surface area contributed by atoms with Gasteiger partial charge in [0.25, 0.3) is 0 Å². The lowest BCUT2D eigenvalue weighted by Crippen LogP contribution is -2.01. The highest BCUT2D eigenvalue weighted by Gasteiger charge is 2.09. The maximum absolute atomic E-state index is 5.97. The SMILES string of the molecule is Cc1cccc(-c2cccc(C)c2OCCCBr)c1. The van der Waals surface area contributed by atoms with Gasteiger partial charge >= 0.3 is 0 Å². The molecule has 0 bridgehead atoms. The molecule has 0 heterocycles. The van der Waals surface area contributed by atoms with E-state index in [-0.39, 0.29) is 0 Å². The molecule has 2 aromatic rings. The molecule has 0 saturated heterocycles. The van der Waals surface area contributed by atoms with E-state index < -0.39 is 0 Å². The van der Waals surface area contributed by atoms with E-state index in [0.29, 0.717) is 0 Å². The van der Waals surface area contributed by atoms with E-state index in [0.717, 1.165) is 24.1 Å². The maximum atomic E-state index is 5.97. The van der Waals surface area contributed by atoms with Gasteiger partial charge in [-0.3, -0.25) is 0 Å². The number of para-hydroxylation sites is 1. The van der Waals surface area contributed by atoms with E-state index in [1.54, 1.807) is 0 Å². The number of rotatable bonds is 5. The van der Waals surface area contributed by atoms with Crippen LogP contribution in [0.4, 0.5) is 0 Å². The van der Waals surface area contributed by atoms with Gasteiger partial charge in [-0.2, -0.15) is 0 Å². The van der Waals surface area contributed by atoms with Gasteiger partial charge in [-0.1, -0.05) is 64.0 Å². The van der Waals surface area contributed by atoms with Gasteiger partial charge in [0, 0.05) is 10.9 Å². The number of alkyl halides is 1. The van der Waals surface area contributed by atoms with Crippen molar-refractivity contribution in [2.24, 2.45) is 0 Å². The van der Waals surface area contributed by atoms with Crippen LogP contribution < -0.4 is 4.74 Å². The molecule has 0 N–H and O–H groups in total. The second kappa shape index (κ2) is 6.76. The van der Waals surface area contributed by atoms with Crippen LogP contribution in [0.1, 0.15) is 17.5 Å². The molecule has 0 unspecified atom stereocenters. The molecule has 2 aromatic carbocycles. The van der Waals surface area contributed by atoms with Gasteiger partial charge in [0.05, 0.1) is 6.61 Å². The number of hydrogen-bond acceptors (Lipinski definition) is 1. The van der Waals surface area contributed by atoms with Crippen LogP contribution >= 0.6 is 15.9 Å². The van der Waals surface area contributed by atoms with E-state index in [9.17, 15) is 0 Å². The van der Waals surface area contributed by atoms with Gasteiger partial charge in [0.2, 0.25) is 0 Å². The van der Waals surface area contributed by atoms with E-state index in [1.807, 2.05) is 0 Å². The molecule has 0 spiro atoms. The average Bonchev–Trinajstić information content (AvgIpc) is 2.41. The van der Waals surface area contributed by atoms with Crippen molar-refractivity contribution in [2.75, 3.05) is 11.9 Å². The van der Waals surface area contributed by atoms with E-state index in [4.69, 9.17) is 4.74 Å². The minimum atomic E-state index is 0.745. The van der Waals surface area contributed by atoms with Crippen LogP contribution in [0.5, 0.6) is 5.75 Å². The average molecular weight is 319 g/mol. The zero-order valence-corrected chi connectivity index (χ0v) is 13.0. The van der Waals surface area contributed by atoms with Crippen molar-refractivity contribution in [1.82, 2.24) is 0 Å². The Kier molecular flexibility index (Phi) is 5.03. The fourth-order valence-electron chi connectivity index (χ4n) is 2.11. The highest BCUT2D eigenvalue weighted by atomic mass is 79.9. The third kappa shape index (κ3) is 3.60. The number of hydrogen-bond donors (Lipinski definition) is 0. The molecule has 2 heteroatoms. The summed E-state index contributed by atoms with van der Waals surface area (Å²) < 4.78 is 5.97. The molecule has 0 fully saturated rings. The summed E-state index contributed by atoms with van der Waals surface area (Å²) in [6, 6.07) is 14.9. The van der Waals surface area contributed by atoms with Crippen molar-refractivity contribution < 1.29 is 4.74 Å². The number of benzene rings is 2. The van der Waals surface area contributed by atoms with Gasteiger partial charge < -0.3 is 4.74 Å². The summed E-state index contributed by atoms with van der Waals surface area (Å²) in [6.07, 6.45) is 1.02. The standard InChI is InChI=1S/C17H19BrO/c1-13-6-3-8-15(12-13)16-9-4-7-14(2)17(16)19-11-5-10-18/h3-4,6-9,12H,5,10-11H2,1-2H3. The van der Waals surface area contributed by atoms with Crippen molar-refractivity contribution in [1.29, 1.82) is 0 Å². The summed E-state index contributed by atoms with van der Waals surface area (Å²) in [5.41, 5.74) is 4.86. The third-order valence-electron chi connectivity index (χ3n) is 3.07. The van der Waals surface area contributed by atoms with Crippen molar-refractivity contribution in [3.05, 3.63) is 53.6 Å². The Hall–Kier alpha value is -1.28. The predicted molar refractivity (Wildman–Crippen MR) is 85.3 cm³/mol. The second-order valence-corrected chi connectivity index (χ2v) is 5.51. The molecule has 2 rings (SSSR count). The molecular weight excluding hydrogens is 300 g/mol. The molecule has 0 atom stereocenters. The van der Waals surface area contributed by atoms with Crippen LogP contribution in [0.15, 0.2) is 42.5 Å². The summed E-state index contributed by atoms with van der Waals surface area (Å²) in [5.74, 6) is 1.01. The monoisotopic (exact) mass is 318 g/mol. The summed E-state index contributed by atoms with van der Waals surface area (Å²) >= 11 is 3.43. The van der Waals surface area contributed by atoms with E-state index in [2.05, 4.69) is 72.2 Å². The van der Waals surface area contributed by atoms with Crippen molar-refractivity contribution in [3.63, 3.8) is 0 Å². The molecule has 0 radical (unpaired) electrons. The number of halogens is 1. The minimum Gasteiger partial charge on any atom is -0.493 e. The van der Waals surface area contributed by atoms with Crippen molar-refractivity contribution in [2.45, 2.75) is 20.3 Å². The van der Waals surface area contributed by atoms with Crippen LogP contribution in [-0.4, -0.2) is 11.9 Å². The molecule has 0 aromatic heterocycles. The summed E-state index contributed by atoms with van der Waals surface area (Å²) in [7, 11) is 0. The van der Waals surface area contributed by atoms with E-state index in [1.165, 1.54) is 22.3 Å². The minimum absolute atomic E-state index is 0.745. The van der Waals surface area contributed by atoms with Crippen LogP contribution in [-0.2, 0) is 0 Å². The first-order valence-electron chi connectivity index (χ1n) is 6.58. The fraction of sp³-hybridized carbons (Fsp3) is 0.294. The second-order valence-electron chi connectivity index (χ2n) is 4.71. The Morgan fingerprint density at radius 2 is 1.84 bits per heavy atom. The van der Waals surface area contributed by atoms with Gasteiger partial charge in [-0.25, -0.2) is 0 Å². The highest BCUT2D eigenvalue weighted by Crippen LogP contribution is 2.33. The molecule has 0 amide bonds. The summed E-state index contributed by atoms with van der Waals surface area (Å²) in [4.78, 5) is 0. The van der Waals surface area contributed by atoms with Gasteiger partial charge in [-0.15, -0.1) is 0 Å². The predicted octanol–water partition coefficient (Wildman–Crippen LogP) is 5.13. The van der Waals surface area contributed by atoms with Crippen molar-refractivity contribution >= 4 is 15.9 Å². The lowest BCUT2D eigenvalue weighted by atomic mass is 10.0. The molecule has 0 aliphatic heterocycles. The molecule has 0 saturated carbocycles. The first-order chi connectivity index (χ1) is 9.22. The Balaban J connectivity index is 2.36. The van der Waals surface area contributed by atoms with Gasteiger partial charge in [-0.05, 0) is 31.4 Å². The maximum Gasteiger partial charge on any atom is 0.130 e. The largest absolute Gasteiger partial charge is 0.493 e. The first-order valence-corrected chi connectivity index (χ1v) is 7.70. The first kappa shape index (κ1) is 14.1. The molecule has 19 heavy (non-hydrogen) atoms. The number of aryl methyl sites for hydroxylation is 2. The molecular formula is C17H19BrO. The van der Waals surface area contributed by atoms with Gasteiger partial charge in [0.1, 0.15) is 5.75 Å². The Morgan fingerprint density at radius 3 is 2.58 bits per heavy atom. The smallest absolute Gasteiger partial charge is 0.130 e. The Bertz CT molecular complexity index is 549. The number of ether oxygens (including phenoxy) is 1. The molecule has 0 aliphatic carbocycles. The lowest BCUT2D eigenvalue weighted by Gasteiger charge is -2.14. The zero-order chi connectivity index (χ0) is 13.7. The normalized spacial score (nSPS) is 10.5. The lowest BCUT2D eigenvalue weighted by molar-refractivity contribution is 0.318.